The minimum atomic E-state index is -0.555. The third kappa shape index (κ3) is 7.14. The Hall–Kier alpha value is -1.61. The van der Waals surface area contributed by atoms with E-state index in [4.69, 9.17) is 21.1 Å². The van der Waals surface area contributed by atoms with E-state index in [-0.39, 0.29) is 23.4 Å². The third-order valence-corrected chi connectivity index (χ3v) is 4.29. The second kappa shape index (κ2) is 10.7. The molecule has 0 aliphatic carbocycles. The second-order valence-corrected chi connectivity index (χ2v) is 8.07. The van der Waals surface area contributed by atoms with Gasteiger partial charge >= 0.3 is 5.97 Å². The summed E-state index contributed by atoms with van der Waals surface area (Å²) in [7, 11) is 0. The van der Waals surface area contributed by atoms with Gasteiger partial charge in [0.25, 0.3) is 5.91 Å². The number of rotatable bonds is 8. The largest absolute Gasteiger partial charge is 0.492 e. The molecule has 27 heavy (non-hydrogen) atoms. The van der Waals surface area contributed by atoms with Gasteiger partial charge in [-0.25, -0.2) is 9.80 Å². The van der Waals surface area contributed by atoms with Crippen molar-refractivity contribution in [2.75, 3.05) is 11.0 Å². The predicted molar refractivity (Wildman–Crippen MR) is 115 cm³/mol. The lowest BCUT2D eigenvalue weighted by Crippen LogP contribution is -2.41. The number of alkyl halides is 1. The first-order valence-corrected chi connectivity index (χ1v) is 10.1. The Kier molecular flexibility index (Phi) is 9.25. The fraction of sp³-hybridized carbons (Fsp3) is 0.421. The number of nitrogens with zero attached hydrogens (tertiary/aromatic N) is 2. The van der Waals surface area contributed by atoms with Gasteiger partial charge in [-0.3, -0.25) is 4.79 Å². The van der Waals surface area contributed by atoms with Gasteiger partial charge in [-0.2, -0.15) is 5.10 Å². The molecule has 0 bridgehead atoms. The third-order valence-electron chi connectivity index (χ3n) is 3.42. The number of hydrogen-bond acceptors (Lipinski definition) is 5. The normalized spacial score (nSPS) is 12.1. The fourth-order valence-electron chi connectivity index (χ4n) is 2.03. The molecule has 1 aromatic carbocycles. The molecule has 1 aromatic rings. The highest BCUT2D eigenvalue weighted by atomic mass is 127. The van der Waals surface area contributed by atoms with Crippen molar-refractivity contribution in [2.45, 2.75) is 39.8 Å². The summed E-state index contributed by atoms with van der Waals surface area (Å²) in [6, 6.07) is 6.86. The van der Waals surface area contributed by atoms with Gasteiger partial charge in [0.1, 0.15) is 24.0 Å². The maximum Gasteiger partial charge on any atom is 0.338 e. The van der Waals surface area contributed by atoms with Gasteiger partial charge in [-0.15, -0.1) is 0 Å². The van der Waals surface area contributed by atoms with Crippen LogP contribution in [-0.4, -0.2) is 40.2 Å². The van der Waals surface area contributed by atoms with Crippen molar-refractivity contribution in [1.29, 1.82) is 0 Å². The molecule has 1 amide bonds. The fourth-order valence-corrected chi connectivity index (χ4v) is 2.39. The molecule has 0 saturated heterocycles. The standard InChI is InChI=1S/C19H24ClIN2O4/c1-13(16(20)17(24)23(22-5)19(2,3)4)27-12-14-6-8-15(9-7-14)18(25)26-11-10-21/h6-9H,5,10-12H2,1-4H3/b16-13-. The smallest absolute Gasteiger partial charge is 0.338 e. The Labute approximate surface area is 178 Å². The Morgan fingerprint density at radius 2 is 1.81 bits per heavy atom. The Morgan fingerprint density at radius 1 is 1.22 bits per heavy atom. The molecular weight excluding hydrogens is 483 g/mol. The quantitative estimate of drug-likeness (QED) is 0.0990. The van der Waals surface area contributed by atoms with E-state index in [1.807, 2.05) is 20.8 Å². The van der Waals surface area contributed by atoms with Crippen molar-refractivity contribution >= 4 is 52.8 Å². The zero-order valence-electron chi connectivity index (χ0n) is 15.9. The first-order chi connectivity index (χ1) is 12.6. The maximum atomic E-state index is 12.5. The van der Waals surface area contributed by atoms with Crippen LogP contribution in [0.5, 0.6) is 0 Å². The molecule has 148 valence electrons. The molecule has 0 N–H and O–H groups in total. The van der Waals surface area contributed by atoms with E-state index in [2.05, 4.69) is 34.4 Å². The SMILES string of the molecule is C=NN(C(=O)/C(Cl)=C(\C)OCc1ccc(C(=O)OCCI)cc1)C(C)(C)C. The van der Waals surface area contributed by atoms with Gasteiger partial charge in [0, 0.05) is 11.1 Å². The highest BCUT2D eigenvalue weighted by Gasteiger charge is 2.29. The molecule has 0 aliphatic heterocycles. The van der Waals surface area contributed by atoms with E-state index in [0.717, 1.165) is 9.99 Å². The summed E-state index contributed by atoms with van der Waals surface area (Å²) in [6.45, 7) is 11.1. The lowest BCUT2D eigenvalue weighted by Gasteiger charge is -2.30. The molecule has 0 radical (unpaired) electrons. The van der Waals surface area contributed by atoms with Crippen LogP contribution in [0.4, 0.5) is 0 Å². The Morgan fingerprint density at radius 3 is 2.30 bits per heavy atom. The first-order valence-electron chi connectivity index (χ1n) is 8.24. The summed E-state index contributed by atoms with van der Waals surface area (Å²) in [5.74, 6) is -0.557. The van der Waals surface area contributed by atoms with Gasteiger partial charge in [0.05, 0.1) is 11.1 Å². The van der Waals surface area contributed by atoms with Crippen molar-refractivity contribution in [3.05, 3.63) is 46.2 Å². The molecule has 0 saturated carbocycles. The summed E-state index contributed by atoms with van der Waals surface area (Å²) in [4.78, 5) is 24.2. The number of hydrazone groups is 1. The van der Waals surface area contributed by atoms with Crippen LogP contribution in [0, 0.1) is 0 Å². The molecule has 0 atom stereocenters. The number of hydrogen-bond donors (Lipinski definition) is 0. The highest BCUT2D eigenvalue weighted by Crippen LogP contribution is 2.22. The summed E-state index contributed by atoms with van der Waals surface area (Å²) in [5, 5.41) is 4.89. The van der Waals surface area contributed by atoms with Crippen LogP contribution < -0.4 is 0 Å². The van der Waals surface area contributed by atoms with E-state index < -0.39 is 11.4 Å². The monoisotopic (exact) mass is 506 g/mol. The van der Waals surface area contributed by atoms with Gasteiger partial charge in [0.15, 0.2) is 0 Å². The number of halogens is 2. The molecule has 0 fully saturated rings. The van der Waals surface area contributed by atoms with E-state index in [1.54, 1.807) is 31.2 Å². The number of allylic oxidation sites excluding steroid dienone is 1. The molecule has 1 rings (SSSR count). The van der Waals surface area contributed by atoms with Crippen molar-refractivity contribution in [1.82, 2.24) is 5.01 Å². The Bertz CT molecular complexity index is 711. The van der Waals surface area contributed by atoms with Crippen LogP contribution in [0.25, 0.3) is 0 Å². The number of benzene rings is 1. The molecule has 6 nitrogen and oxygen atoms in total. The zero-order chi connectivity index (χ0) is 20.6. The van der Waals surface area contributed by atoms with E-state index in [0.29, 0.717) is 12.2 Å². The number of amides is 1. The number of carbonyl (C=O) groups excluding carboxylic acids is 2. The van der Waals surface area contributed by atoms with Crippen molar-refractivity contribution in [3.63, 3.8) is 0 Å². The minimum absolute atomic E-state index is 0.0590. The molecule has 0 aromatic heterocycles. The molecule has 0 spiro atoms. The van der Waals surface area contributed by atoms with Crippen LogP contribution >= 0.6 is 34.2 Å². The molecular formula is C19H24ClIN2O4. The van der Waals surface area contributed by atoms with Crippen LogP contribution in [-0.2, 0) is 20.9 Å². The van der Waals surface area contributed by atoms with E-state index >= 15 is 0 Å². The molecule has 0 unspecified atom stereocenters. The second-order valence-electron chi connectivity index (χ2n) is 6.61. The molecule has 8 heteroatoms. The predicted octanol–water partition coefficient (Wildman–Crippen LogP) is 4.51. The van der Waals surface area contributed by atoms with Gasteiger partial charge in [-0.1, -0.05) is 46.3 Å². The van der Waals surface area contributed by atoms with Crippen LogP contribution in [0.3, 0.4) is 0 Å². The van der Waals surface area contributed by atoms with Crippen molar-refractivity contribution < 1.29 is 19.1 Å². The van der Waals surface area contributed by atoms with Crippen LogP contribution in [0.15, 0.2) is 40.2 Å². The summed E-state index contributed by atoms with van der Waals surface area (Å²) in [6.07, 6.45) is 0. The maximum absolute atomic E-state index is 12.5. The zero-order valence-corrected chi connectivity index (χ0v) is 18.8. The Balaban J connectivity index is 2.76. The minimum Gasteiger partial charge on any atom is -0.492 e. The van der Waals surface area contributed by atoms with Crippen molar-refractivity contribution in [2.24, 2.45) is 5.10 Å². The summed E-state index contributed by atoms with van der Waals surface area (Å²) >= 11 is 8.29. The summed E-state index contributed by atoms with van der Waals surface area (Å²) < 4.78 is 11.4. The lowest BCUT2D eigenvalue weighted by atomic mass is 10.1. The average Bonchev–Trinajstić information content (AvgIpc) is 2.63. The van der Waals surface area contributed by atoms with Crippen molar-refractivity contribution in [3.8, 4) is 0 Å². The summed E-state index contributed by atoms with van der Waals surface area (Å²) in [5.41, 5.74) is 0.745. The number of esters is 1. The first kappa shape index (κ1) is 23.4. The number of ether oxygens (including phenoxy) is 2. The molecule has 0 aliphatic rings. The average molecular weight is 507 g/mol. The van der Waals surface area contributed by atoms with Crippen LogP contribution in [0.1, 0.15) is 43.6 Å². The topological polar surface area (TPSA) is 68.2 Å². The van der Waals surface area contributed by atoms with Crippen LogP contribution in [0.2, 0.25) is 0 Å². The van der Waals surface area contributed by atoms with E-state index in [9.17, 15) is 9.59 Å². The van der Waals surface area contributed by atoms with E-state index in [1.165, 1.54) is 5.01 Å². The number of carbonyl (C=O) groups is 2. The van der Waals surface area contributed by atoms with Gasteiger partial charge in [-0.05, 0) is 45.4 Å². The lowest BCUT2D eigenvalue weighted by molar-refractivity contribution is -0.131. The highest BCUT2D eigenvalue weighted by molar-refractivity contribution is 14.1. The van der Waals surface area contributed by atoms with Gasteiger partial charge < -0.3 is 9.47 Å². The van der Waals surface area contributed by atoms with Gasteiger partial charge in [0.2, 0.25) is 0 Å². The molecule has 0 heterocycles.